The molecule has 0 aromatic rings. The Kier molecular flexibility index (Phi) is 7.68. The van der Waals surface area contributed by atoms with Gasteiger partial charge in [-0.15, -0.1) is 0 Å². The lowest BCUT2D eigenvalue weighted by Gasteiger charge is -2.43. The first kappa shape index (κ1) is 24.2. The first-order chi connectivity index (χ1) is 14.4. The molecule has 1 unspecified atom stereocenters. The number of imide groups is 1. The molecule has 0 aromatic heterocycles. The predicted octanol–water partition coefficient (Wildman–Crippen LogP) is -0.897. The van der Waals surface area contributed by atoms with Gasteiger partial charge in [0.15, 0.2) is 24.4 Å². The molecule has 2 aliphatic heterocycles. The average Bonchev–Trinajstić information content (AvgIpc) is 2.96. The molecule has 6 atom stereocenters. The summed E-state index contributed by atoms with van der Waals surface area (Å²) in [5, 5.41) is 9.55. The zero-order valence-electron chi connectivity index (χ0n) is 17.3. The van der Waals surface area contributed by atoms with E-state index in [1.807, 2.05) is 0 Å². The molecule has 2 amide bonds. The van der Waals surface area contributed by atoms with Gasteiger partial charge in [-0.1, -0.05) is 0 Å². The minimum Gasteiger partial charge on any atom is -0.479 e. The fourth-order valence-corrected chi connectivity index (χ4v) is 3.34. The maximum absolute atomic E-state index is 12.0. The second kappa shape index (κ2) is 9.83. The number of nitrogens with zero attached hydrogens (tertiary/aromatic N) is 1. The smallest absolute Gasteiger partial charge is 0.337 e. The summed E-state index contributed by atoms with van der Waals surface area (Å²) >= 11 is 0. The Morgan fingerprint density at radius 3 is 1.81 bits per heavy atom. The second-order valence-electron chi connectivity index (χ2n) is 6.88. The number of hydrogen-bond acceptors (Lipinski definition) is 11. The minimum absolute atomic E-state index is 0.0201. The molecule has 2 fully saturated rings. The molecule has 13 nitrogen and oxygen atoms in total. The zero-order chi connectivity index (χ0) is 23.5. The maximum atomic E-state index is 12.0. The van der Waals surface area contributed by atoms with Crippen LogP contribution in [-0.4, -0.2) is 82.6 Å². The highest BCUT2D eigenvalue weighted by Gasteiger charge is 2.55. The normalized spacial score (nSPS) is 29.3. The molecule has 31 heavy (non-hydrogen) atoms. The summed E-state index contributed by atoms with van der Waals surface area (Å²) < 4.78 is 26.2. The fraction of sp³-hybridized carbons (Fsp3) is 0.667. The molecular formula is C18H23NO12. The minimum atomic E-state index is -1.87. The van der Waals surface area contributed by atoms with Crippen LogP contribution in [0.2, 0.25) is 0 Å². The van der Waals surface area contributed by atoms with Crippen LogP contribution >= 0.6 is 0 Å². The van der Waals surface area contributed by atoms with Crippen molar-refractivity contribution in [2.45, 2.75) is 77.5 Å². The van der Waals surface area contributed by atoms with Crippen LogP contribution in [-0.2, 0) is 52.5 Å². The number of carbonyl (C=O) groups is 6. The molecule has 0 aliphatic carbocycles. The van der Waals surface area contributed by atoms with Gasteiger partial charge in [0.2, 0.25) is 18.1 Å². The van der Waals surface area contributed by atoms with E-state index in [4.69, 9.17) is 23.7 Å². The van der Waals surface area contributed by atoms with Crippen LogP contribution in [0.1, 0.15) is 40.5 Å². The lowest BCUT2D eigenvalue weighted by atomic mass is 9.97. The van der Waals surface area contributed by atoms with Gasteiger partial charge in [-0.2, -0.15) is 0 Å². The third-order valence-electron chi connectivity index (χ3n) is 4.43. The van der Waals surface area contributed by atoms with Gasteiger partial charge in [-0.3, -0.25) is 28.9 Å². The predicted molar refractivity (Wildman–Crippen MR) is 94.6 cm³/mol. The molecule has 172 valence electrons. The molecule has 1 N–H and O–H groups in total. The largest absolute Gasteiger partial charge is 0.479 e. The van der Waals surface area contributed by atoms with E-state index in [0.717, 1.165) is 25.7 Å². The molecule has 0 aromatic carbocycles. The standard InChI is InChI=1S/C18H23NO12/c1-7(19-11(23)5-6-12(19)24)27-18-16(30-10(4)22)14(29-9(3)21)13(28-8(2)20)15(31-18)17(25)26/h7,13-16,18H,5-6H2,1-4H3,(H,25,26)/t7?,13-,14-,15-,16+,18+/m0/s1. The summed E-state index contributed by atoms with van der Waals surface area (Å²) in [7, 11) is 0. The first-order valence-electron chi connectivity index (χ1n) is 9.32. The van der Waals surface area contributed by atoms with Crippen LogP contribution in [0.3, 0.4) is 0 Å². The number of carbonyl (C=O) groups excluding carboxylic acids is 5. The van der Waals surface area contributed by atoms with E-state index in [0.29, 0.717) is 0 Å². The molecule has 0 spiro atoms. The number of amides is 2. The van der Waals surface area contributed by atoms with Crippen LogP contribution in [0, 0.1) is 0 Å². The van der Waals surface area contributed by atoms with Gasteiger partial charge < -0.3 is 28.8 Å². The summed E-state index contributed by atoms with van der Waals surface area (Å²) in [6, 6.07) is 0. The van der Waals surface area contributed by atoms with Gasteiger partial charge >= 0.3 is 23.9 Å². The van der Waals surface area contributed by atoms with Gasteiger partial charge in [0.1, 0.15) is 6.23 Å². The van der Waals surface area contributed by atoms with E-state index >= 15 is 0 Å². The van der Waals surface area contributed by atoms with E-state index in [2.05, 4.69) is 0 Å². The van der Waals surface area contributed by atoms with E-state index in [1.165, 1.54) is 6.92 Å². The highest BCUT2D eigenvalue weighted by molar-refractivity contribution is 6.02. The summed E-state index contributed by atoms with van der Waals surface area (Å²) in [6.45, 7) is 4.38. The number of aliphatic carboxylic acids is 1. The number of likely N-dealkylation sites (tertiary alicyclic amines) is 1. The number of rotatable bonds is 7. The van der Waals surface area contributed by atoms with Crippen molar-refractivity contribution in [1.82, 2.24) is 4.90 Å². The summed E-state index contributed by atoms with van der Waals surface area (Å²) in [6.07, 6.45) is -9.67. The molecule has 0 bridgehead atoms. The van der Waals surface area contributed by atoms with E-state index in [1.54, 1.807) is 0 Å². The highest BCUT2D eigenvalue weighted by atomic mass is 16.7. The van der Waals surface area contributed by atoms with Crippen LogP contribution < -0.4 is 0 Å². The van der Waals surface area contributed by atoms with Gasteiger partial charge in [-0.25, -0.2) is 4.79 Å². The Labute approximate surface area is 176 Å². The number of hydrogen-bond donors (Lipinski definition) is 1. The van der Waals surface area contributed by atoms with E-state index in [-0.39, 0.29) is 12.8 Å². The van der Waals surface area contributed by atoms with Gasteiger partial charge in [0, 0.05) is 33.6 Å². The van der Waals surface area contributed by atoms with Crippen LogP contribution in [0.5, 0.6) is 0 Å². The first-order valence-corrected chi connectivity index (χ1v) is 9.32. The van der Waals surface area contributed by atoms with Crippen molar-refractivity contribution >= 4 is 35.7 Å². The fourth-order valence-electron chi connectivity index (χ4n) is 3.34. The zero-order valence-corrected chi connectivity index (χ0v) is 17.3. The van der Waals surface area contributed by atoms with Crippen molar-refractivity contribution in [3.8, 4) is 0 Å². The number of carboxylic acid groups (broad SMARTS) is 1. The van der Waals surface area contributed by atoms with E-state index in [9.17, 15) is 33.9 Å². The average molecular weight is 445 g/mol. The molecule has 0 radical (unpaired) electrons. The third kappa shape index (κ3) is 5.76. The van der Waals surface area contributed by atoms with Gasteiger partial charge in [0.05, 0.1) is 0 Å². The van der Waals surface area contributed by atoms with E-state index < -0.39 is 72.6 Å². The van der Waals surface area contributed by atoms with Crippen LogP contribution in [0.25, 0.3) is 0 Å². The van der Waals surface area contributed by atoms with Gasteiger partial charge in [0.25, 0.3) is 0 Å². The maximum Gasteiger partial charge on any atom is 0.337 e. The molecule has 2 rings (SSSR count). The summed E-state index contributed by atoms with van der Waals surface area (Å²) in [5.74, 6) is -5.26. The highest BCUT2D eigenvalue weighted by Crippen LogP contribution is 2.31. The van der Waals surface area contributed by atoms with Gasteiger partial charge in [-0.05, 0) is 6.92 Å². The molecule has 13 heteroatoms. The third-order valence-corrected chi connectivity index (χ3v) is 4.43. The molecule has 0 saturated carbocycles. The molecule has 2 saturated heterocycles. The Bertz CT molecular complexity index is 764. The Hall–Kier alpha value is -3.06. The molecule has 2 aliphatic rings. The van der Waals surface area contributed by atoms with Crippen molar-refractivity contribution in [2.24, 2.45) is 0 Å². The Morgan fingerprint density at radius 1 is 0.903 bits per heavy atom. The topological polar surface area (TPSA) is 172 Å². The molecular weight excluding hydrogens is 422 g/mol. The lowest BCUT2D eigenvalue weighted by Crippen LogP contribution is -2.64. The number of ether oxygens (including phenoxy) is 5. The van der Waals surface area contributed by atoms with Crippen molar-refractivity contribution in [2.75, 3.05) is 0 Å². The van der Waals surface area contributed by atoms with Crippen molar-refractivity contribution in [1.29, 1.82) is 0 Å². The van der Waals surface area contributed by atoms with Crippen molar-refractivity contribution in [3.63, 3.8) is 0 Å². The molecule has 2 heterocycles. The number of esters is 3. The number of carboxylic acids is 1. The Morgan fingerprint density at radius 2 is 1.35 bits per heavy atom. The summed E-state index contributed by atoms with van der Waals surface area (Å²) in [4.78, 5) is 71.3. The quantitative estimate of drug-likeness (QED) is 0.291. The second-order valence-corrected chi connectivity index (χ2v) is 6.88. The van der Waals surface area contributed by atoms with Crippen LogP contribution in [0.4, 0.5) is 0 Å². The lowest BCUT2D eigenvalue weighted by molar-refractivity contribution is -0.315. The van der Waals surface area contributed by atoms with Crippen molar-refractivity contribution < 1.29 is 57.6 Å². The van der Waals surface area contributed by atoms with Crippen LogP contribution in [0.15, 0.2) is 0 Å². The summed E-state index contributed by atoms with van der Waals surface area (Å²) in [5.41, 5.74) is 0. The van der Waals surface area contributed by atoms with Crippen molar-refractivity contribution in [3.05, 3.63) is 0 Å². The monoisotopic (exact) mass is 445 g/mol. The SMILES string of the molecule is CC(=O)O[C@@H]1[C@@H](OC(C)=O)[C@H](OC(C)N2C(=O)CCC2=O)O[C@H](C(=O)O)[C@H]1OC(C)=O. The Balaban J connectivity index is 2.41.